The first-order chi connectivity index (χ1) is 26.6. The van der Waals surface area contributed by atoms with Crippen molar-refractivity contribution >= 4 is 11.9 Å². The van der Waals surface area contributed by atoms with Gasteiger partial charge in [0, 0.05) is 12.8 Å². The van der Waals surface area contributed by atoms with Crippen LogP contribution in [0.5, 0.6) is 0 Å². The summed E-state index contributed by atoms with van der Waals surface area (Å²) in [4.78, 5) is 24.4. The van der Waals surface area contributed by atoms with Crippen molar-refractivity contribution in [1.29, 1.82) is 0 Å². The van der Waals surface area contributed by atoms with E-state index in [9.17, 15) is 14.7 Å². The first kappa shape index (κ1) is 51.3. The molecule has 0 aromatic heterocycles. The number of allylic oxidation sites excluding steroid dienone is 12. The fourth-order valence-corrected chi connectivity index (χ4v) is 6.10. The van der Waals surface area contributed by atoms with Crippen molar-refractivity contribution in [1.82, 2.24) is 0 Å². The van der Waals surface area contributed by atoms with Crippen molar-refractivity contribution in [3.8, 4) is 0 Å². The Balaban J connectivity index is 3.56. The lowest BCUT2D eigenvalue weighted by Crippen LogP contribution is -2.28. The Morgan fingerprint density at radius 2 is 0.796 bits per heavy atom. The smallest absolute Gasteiger partial charge is 0.306 e. The van der Waals surface area contributed by atoms with Crippen LogP contribution in [-0.4, -0.2) is 36.4 Å². The summed E-state index contributed by atoms with van der Waals surface area (Å²) in [5.41, 5.74) is 0. The summed E-state index contributed by atoms with van der Waals surface area (Å²) in [5, 5.41) is 9.59. The molecule has 0 aliphatic rings. The molecule has 0 rings (SSSR count). The van der Waals surface area contributed by atoms with E-state index in [0.29, 0.717) is 12.8 Å². The van der Waals surface area contributed by atoms with Gasteiger partial charge in [0.15, 0.2) is 6.10 Å². The van der Waals surface area contributed by atoms with Crippen LogP contribution in [0.2, 0.25) is 0 Å². The van der Waals surface area contributed by atoms with Gasteiger partial charge >= 0.3 is 11.9 Å². The molecule has 0 fully saturated rings. The molecular formula is C49H84O5. The van der Waals surface area contributed by atoms with Crippen LogP contribution in [0.25, 0.3) is 0 Å². The Hall–Kier alpha value is -2.66. The van der Waals surface area contributed by atoms with E-state index < -0.39 is 6.10 Å². The zero-order valence-electron chi connectivity index (χ0n) is 35.2. The monoisotopic (exact) mass is 753 g/mol. The molecule has 0 radical (unpaired) electrons. The zero-order chi connectivity index (χ0) is 39.3. The number of hydrogen-bond acceptors (Lipinski definition) is 5. The second kappa shape index (κ2) is 44.7. The second-order valence-electron chi connectivity index (χ2n) is 14.7. The zero-order valence-corrected chi connectivity index (χ0v) is 35.2. The number of rotatable bonds is 40. The third-order valence-electron chi connectivity index (χ3n) is 9.48. The predicted molar refractivity (Wildman–Crippen MR) is 233 cm³/mol. The third-order valence-corrected chi connectivity index (χ3v) is 9.48. The summed E-state index contributed by atoms with van der Waals surface area (Å²) >= 11 is 0. The number of carbonyl (C=O) groups excluding carboxylic acids is 2. The lowest BCUT2D eigenvalue weighted by molar-refractivity contribution is -0.161. The molecule has 310 valence electrons. The maximum absolute atomic E-state index is 12.2. The molecule has 0 aliphatic carbocycles. The van der Waals surface area contributed by atoms with Gasteiger partial charge in [-0.25, -0.2) is 0 Å². The minimum atomic E-state index is -0.780. The molecule has 0 saturated carbocycles. The largest absolute Gasteiger partial charge is 0.462 e. The molecule has 0 aliphatic heterocycles. The Morgan fingerprint density at radius 3 is 1.20 bits per heavy atom. The molecule has 0 spiro atoms. The SMILES string of the molecule is CC/C=C\C/C=C\C/C=C\C/C=C\CCCCCCCCCCCCC(=O)OC(CO)COC(=O)CCCCCCCCC/C=C\C/C=C\CCCCC. The first-order valence-electron chi connectivity index (χ1n) is 22.5. The van der Waals surface area contributed by atoms with Crippen LogP contribution < -0.4 is 0 Å². The molecule has 1 N–H and O–H groups in total. The molecule has 0 aromatic rings. The van der Waals surface area contributed by atoms with Crippen LogP contribution in [0.4, 0.5) is 0 Å². The van der Waals surface area contributed by atoms with Gasteiger partial charge in [0.05, 0.1) is 6.61 Å². The van der Waals surface area contributed by atoms with E-state index >= 15 is 0 Å². The summed E-state index contributed by atoms with van der Waals surface area (Å²) in [6.45, 7) is 3.99. The molecular weight excluding hydrogens is 669 g/mol. The number of esters is 2. The van der Waals surface area contributed by atoms with Gasteiger partial charge in [-0.1, -0.05) is 183 Å². The molecule has 0 amide bonds. The summed E-state index contributed by atoms with van der Waals surface area (Å²) in [6, 6.07) is 0. The van der Waals surface area contributed by atoms with Crippen LogP contribution in [0.15, 0.2) is 72.9 Å². The number of hydrogen-bond donors (Lipinski definition) is 1. The van der Waals surface area contributed by atoms with E-state index in [2.05, 4.69) is 86.8 Å². The number of aliphatic hydroxyl groups is 1. The van der Waals surface area contributed by atoms with E-state index in [4.69, 9.17) is 9.47 Å². The maximum Gasteiger partial charge on any atom is 0.306 e. The molecule has 1 atom stereocenters. The Bertz CT molecular complexity index is 988. The minimum absolute atomic E-state index is 0.0742. The fraction of sp³-hybridized carbons (Fsp3) is 0.714. The van der Waals surface area contributed by atoms with Gasteiger partial charge < -0.3 is 14.6 Å². The van der Waals surface area contributed by atoms with Crippen LogP contribution in [0.1, 0.15) is 206 Å². The maximum atomic E-state index is 12.2. The Morgan fingerprint density at radius 1 is 0.444 bits per heavy atom. The summed E-state index contributed by atoms with van der Waals surface area (Å²) < 4.78 is 10.6. The molecule has 54 heavy (non-hydrogen) atoms. The van der Waals surface area contributed by atoms with Gasteiger partial charge in [-0.05, 0) is 83.5 Å². The predicted octanol–water partition coefficient (Wildman–Crippen LogP) is 14.5. The van der Waals surface area contributed by atoms with E-state index in [-0.39, 0.29) is 25.2 Å². The van der Waals surface area contributed by atoms with Crippen LogP contribution in [-0.2, 0) is 19.1 Å². The quantitative estimate of drug-likeness (QED) is 0.0383. The van der Waals surface area contributed by atoms with Crippen LogP contribution in [0.3, 0.4) is 0 Å². The Kier molecular flexibility index (Phi) is 42.5. The number of ether oxygens (including phenoxy) is 2. The lowest BCUT2D eigenvalue weighted by atomic mass is 10.0. The second-order valence-corrected chi connectivity index (χ2v) is 14.7. The van der Waals surface area contributed by atoms with E-state index in [1.807, 2.05) is 0 Å². The highest BCUT2D eigenvalue weighted by Crippen LogP contribution is 2.14. The average Bonchev–Trinajstić information content (AvgIpc) is 3.17. The number of carbonyl (C=O) groups is 2. The van der Waals surface area contributed by atoms with Crippen LogP contribution >= 0.6 is 0 Å². The molecule has 5 heteroatoms. The minimum Gasteiger partial charge on any atom is -0.462 e. The first-order valence-corrected chi connectivity index (χ1v) is 22.5. The van der Waals surface area contributed by atoms with Crippen molar-refractivity contribution in [2.24, 2.45) is 0 Å². The molecule has 0 saturated heterocycles. The molecule has 0 bridgehead atoms. The lowest BCUT2D eigenvalue weighted by Gasteiger charge is -2.15. The third kappa shape index (κ3) is 42.1. The van der Waals surface area contributed by atoms with Crippen molar-refractivity contribution in [2.75, 3.05) is 13.2 Å². The van der Waals surface area contributed by atoms with E-state index in [1.54, 1.807) is 0 Å². The standard InChI is InChI=1S/C49H84O5/c1-3-5-7-9-11-13-15-17-19-21-22-23-24-25-26-28-30-32-34-36-38-40-42-44-49(52)54-47(45-50)46-53-48(51)43-41-39-37-35-33-31-29-27-20-18-16-14-12-10-8-6-4-2/h5,7,11-14,17-20,22-23,47,50H,3-4,6,8-10,15-16,21,24-46H2,1-2H3/b7-5-,13-11-,14-12-,19-17-,20-18-,23-22-. The topological polar surface area (TPSA) is 72.8 Å². The van der Waals surface area contributed by atoms with Gasteiger partial charge in [0.2, 0.25) is 0 Å². The summed E-state index contributed by atoms with van der Waals surface area (Å²) in [7, 11) is 0. The van der Waals surface area contributed by atoms with Gasteiger partial charge in [0.1, 0.15) is 6.61 Å². The van der Waals surface area contributed by atoms with Gasteiger partial charge in [-0.15, -0.1) is 0 Å². The van der Waals surface area contributed by atoms with Gasteiger partial charge in [-0.2, -0.15) is 0 Å². The van der Waals surface area contributed by atoms with E-state index in [1.165, 1.54) is 103 Å². The molecule has 5 nitrogen and oxygen atoms in total. The number of aliphatic hydroxyl groups excluding tert-OH is 1. The summed E-state index contributed by atoms with van der Waals surface area (Å²) in [6.07, 6.45) is 59.7. The Labute approximate surface area is 333 Å². The molecule has 1 unspecified atom stereocenters. The van der Waals surface area contributed by atoms with Crippen LogP contribution in [0, 0.1) is 0 Å². The number of unbranched alkanes of at least 4 members (excludes halogenated alkanes) is 20. The van der Waals surface area contributed by atoms with Gasteiger partial charge in [0.25, 0.3) is 0 Å². The van der Waals surface area contributed by atoms with Crippen molar-refractivity contribution in [2.45, 2.75) is 213 Å². The molecule has 0 heterocycles. The van der Waals surface area contributed by atoms with Crippen molar-refractivity contribution in [3.05, 3.63) is 72.9 Å². The van der Waals surface area contributed by atoms with E-state index in [0.717, 1.165) is 77.0 Å². The van der Waals surface area contributed by atoms with Crippen molar-refractivity contribution in [3.63, 3.8) is 0 Å². The van der Waals surface area contributed by atoms with Gasteiger partial charge in [-0.3, -0.25) is 9.59 Å². The normalized spacial score (nSPS) is 12.9. The highest BCUT2D eigenvalue weighted by Gasteiger charge is 2.16. The summed E-state index contributed by atoms with van der Waals surface area (Å²) in [5.74, 6) is -0.606. The highest BCUT2D eigenvalue weighted by molar-refractivity contribution is 5.70. The molecule has 0 aromatic carbocycles. The average molecular weight is 753 g/mol. The van der Waals surface area contributed by atoms with Crippen molar-refractivity contribution < 1.29 is 24.2 Å². The fourth-order valence-electron chi connectivity index (χ4n) is 6.10. The highest BCUT2D eigenvalue weighted by atomic mass is 16.6.